The van der Waals surface area contributed by atoms with Crippen molar-refractivity contribution >= 4 is 22.4 Å². The molecule has 6 heteroatoms. The molecular formula is C14H23ClN2O2S. The summed E-state index contributed by atoms with van der Waals surface area (Å²) >= 11 is 0. The summed E-state index contributed by atoms with van der Waals surface area (Å²) in [5, 5.41) is 0. The van der Waals surface area contributed by atoms with Gasteiger partial charge in [-0.15, -0.1) is 12.4 Å². The number of rotatable bonds is 2. The highest BCUT2D eigenvalue weighted by Gasteiger charge is 2.30. The van der Waals surface area contributed by atoms with E-state index >= 15 is 0 Å². The summed E-state index contributed by atoms with van der Waals surface area (Å²) in [6, 6.07) is 7.13. The summed E-state index contributed by atoms with van der Waals surface area (Å²) in [4.78, 5) is 0.356. The second kappa shape index (κ2) is 6.02. The molecule has 4 nitrogen and oxygen atoms in total. The van der Waals surface area contributed by atoms with Crippen molar-refractivity contribution in [2.24, 2.45) is 5.73 Å². The highest BCUT2D eigenvalue weighted by atomic mass is 35.5. The molecule has 2 N–H and O–H groups in total. The van der Waals surface area contributed by atoms with Crippen LogP contribution in [0.25, 0.3) is 0 Å². The molecule has 0 amide bonds. The predicted octanol–water partition coefficient (Wildman–Crippen LogP) is 2.13. The molecule has 114 valence electrons. The summed E-state index contributed by atoms with van der Waals surface area (Å²) in [6.07, 6.45) is 0.735. The van der Waals surface area contributed by atoms with E-state index in [4.69, 9.17) is 5.73 Å². The van der Waals surface area contributed by atoms with Gasteiger partial charge in [0.15, 0.2) is 0 Å². The van der Waals surface area contributed by atoms with Crippen LogP contribution in [0.3, 0.4) is 0 Å². The number of hydrogen-bond donors (Lipinski definition) is 1. The Bertz CT molecular complexity index is 550. The number of nitrogens with zero attached hydrogens (tertiary/aromatic N) is 1. The van der Waals surface area contributed by atoms with E-state index in [0.29, 0.717) is 18.0 Å². The fraction of sp³-hybridized carbons (Fsp3) is 0.571. The Balaban J connectivity index is 0.00000200. The van der Waals surface area contributed by atoms with Gasteiger partial charge in [-0.3, -0.25) is 0 Å². The van der Waals surface area contributed by atoms with Gasteiger partial charge in [-0.1, -0.05) is 32.9 Å². The molecule has 1 aliphatic heterocycles. The minimum atomic E-state index is -3.38. The maximum atomic E-state index is 12.4. The Kier molecular flexibility index (Phi) is 5.24. The molecule has 1 unspecified atom stereocenters. The number of sulfonamides is 1. The van der Waals surface area contributed by atoms with Crippen LogP contribution in [0.2, 0.25) is 0 Å². The summed E-state index contributed by atoms with van der Waals surface area (Å²) in [5.74, 6) is 0. The van der Waals surface area contributed by atoms with Gasteiger partial charge in [-0.25, -0.2) is 8.42 Å². The highest BCUT2D eigenvalue weighted by Crippen LogP contribution is 2.25. The number of nitrogens with two attached hydrogens (primary N) is 1. The van der Waals surface area contributed by atoms with Crippen LogP contribution in [0.15, 0.2) is 29.2 Å². The average Bonchev–Trinajstić information content (AvgIpc) is 2.76. The van der Waals surface area contributed by atoms with Crippen molar-refractivity contribution in [3.05, 3.63) is 29.8 Å². The monoisotopic (exact) mass is 318 g/mol. The molecule has 20 heavy (non-hydrogen) atoms. The molecular weight excluding hydrogens is 296 g/mol. The molecule has 0 saturated carbocycles. The summed E-state index contributed by atoms with van der Waals surface area (Å²) < 4.78 is 26.3. The van der Waals surface area contributed by atoms with Gasteiger partial charge in [0, 0.05) is 19.1 Å². The number of benzene rings is 1. The van der Waals surface area contributed by atoms with E-state index in [1.54, 1.807) is 12.1 Å². The van der Waals surface area contributed by atoms with Crippen molar-refractivity contribution in [2.45, 2.75) is 43.5 Å². The van der Waals surface area contributed by atoms with Crippen molar-refractivity contribution in [1.82, 2.24) is 4.31 Å². The van der Waals surface area contributed by atoms with Crippen LogP contribution in [-0.2, 0) is 15.4 Å². The zero-order valence-corrected chi connectivity index (χ0v) is 13.8. The van der Waals surface area contributed by atoms with Crippen LogP contribution in [0.4, 0.5) is 0 Å². The summed E-state index contributed by atoms with van der Waals surface area (Å²) in [7, 11) is -3.38. The van der Waals surface area contributed by atoms with E-state index in [1.165, 1.54) is 4.31 Å². The Labute approximate surface area is 127 Å². The number of halogens is 1. The van der Waals surface area contributed by atoms with Gasteiger partial charge in [0.2, 0.25) is 10.0 Å². The van der Waals surface area contributed by atoms with Crippen LogP contribution in [0.5, 0.6) is 0 Å². The zero-order valence-electron chi connectivity index (χ0n) is 12.2. The van der Waals surface area contributed by atoms with E-state index < -0.39 is 10.0 Å². The molecule has 1 aliphatic rings. The molecule has 0 spiro atoms. The summed E-state index contributed by atoms with van der Waals surface area (Å²) in [6.45, 7) is 7.26. The minimum absolute atomic E-state index is 0. The molecule has 1 atom stereocenters. The van der Waals surface area contributed by atoms with Crippen molar-refractivity contribution < 1.29 is 8.42 Å². The lowest BCUT2D eigenvalue weighted by Crippen LogP contribution is -2.32. The lowest BCUT2D eigenvalue weighted by atomic mass is 9.87. The maximum Gasteiger partial charge on any atom is 0.243 e. The van der Waals surface area contributed by atoms with E-state index in [1.807, 2.05) is 12.1 Å². The fourth-order valence-electron chi connectivity index (χ4n) is 2.25. The van der Waals surface area contributed by atoms with Crippen LogP contribution < -0.4 is 5.73 Å². The molecule has 0 bridgehead atoms. The van der Waals surface area contributed by atoms with Crippen LogP contribution in [0, 0.1) is 0 Å². The van der Waals surface area contributed by atoms with Crippen molar-refractivity contribution in [2.75, 3.05) is 13.1 Å². The van der Waals surface area contributed by atoms with Crippen molar-refractivity contribution in [1.29, 1.82) is 0 Å². The second-order valence-corrected chi connectivity index (χ2v) is 8.12. The van der Waals surface area contributed by atoms with Gasteiger partial charge >= 0.3 is 0 Å². The van der Waals surface area contributed by atoms with Crippen molar-refractivity contribution in [3.63, 3.8) is 0 Å². The Morgan fingerprint density at radius 2 is 1.75 bits per heavy atom. The molecule has 0 radical (unpaired) electrons. The van der Waals surface area contributed by atoms with Gasteiger partial charge < -0.3 is 5.73 Å². The van der Waals surface area contributed by atoms with Gasteiger partial charge in [0.05, 0.1) is 4.90 Å². The fourth-order valence-corrected chi connectivity index (χ4v) is 3.76. The molecule has 1 aromatic carbocycles. The largest absolute Gasteiger partial charge is 0.326 e. The molecule has 1 saturated heterocycles. The average molecular weight is 319 g/mol. The lowest BCUT2D eigenvalue weighted by molar-refractivity contribution is 0.472. The first kappa shape index (κ1) is 17.4. The zero-order chi connectivity index (χ0) is 14.3. The molecule has 0 aliphatic carbocycles. The van der Waals surface area contributed by atoms with Crippen LogP contribution >= 0.6 is 12.4 Å². The Hall–Kier alpha value is -0.620. The first-order valence-corrected chi connectivity index (χ1v) is 8.01. The first-order chi connectivity index (χ1) is 8.71. The molecule has 0 aromatic heterocycles. The Morgan fingerprint density at radius 1 is 1.20 bits per heavy atom. The van der Waals surface area contributed by atoms with E-state index in [9.17, 15) is 8.42 Å². The van der Waals surface area contributed by atoms with Crippen molar-refractivity contribution in [3.8, 4) is 0 Å². The normalized spacial score (nSPS) is 20.7. The van der Waals surface area contributed by atoms with Crippen LogP contribution in [0.1, 0.15) is 32.8 Å². The third kappa shape index (κ3) is 3.52. The van der Waals surface area contributed by atoms with Gasteiger partial charge in [-0.05, 0) is 29.5 Å². The van der Waals surface area contributed by atoms with Gasteiger partial charge in [-0.2, -0.15) is 4.31 Å². The van der Waals surface area contributed by atoms with Gasteiger partial charge in [0.25, 0.3) is 0 Å². The smallest absolute Gasteiger partial charge is 0.243 e. The SMILES string of the molecule is CC(C)(C)c1ccc(S(=O)(=O)N2CCC(N)C2)cc1.Cl. The highest BCUT2D eigenvalue weighted by molar-refractivity contribution is 7.89. The molecule has 1 aromatic rings. The lowest BCUT2D eigenvalue weighted by Gasteiger charge is -2.20. The minimum Gasteiger partial charge on any atom is -0.326 e. The van der Waals surface area contributed by atoms with E-state index in [-0.39, 0.29) is 23.9 Å². The number of hydrogen-bond acceptors (Lipinski definition) is 3. The maximum absolute atomic E-state index is 12.4. The quantitative estimate of drug-likeness (QED) is 0.908. The van der Waals surface area contributed by atoms with Gasteiger partial charge in [0.1, 0.15) is 0 Å². The second-order valence-electron chi connectivity index (χ2n) is 6.19. The topological polar surface area (TPSA) is 63.4 Å². The molecule has 1 fully saturated rings. The third-order valence-electron chi connectivity index (χ3n) is 3.55. The molecule has 1 heterocycles. The standard InChI is InChI=1S/C14H22N2O2S.ClH/c1-14(2,3)11-4-6-13(7-5-11)19(17,18)16-9-8-12(15)10-16;/h4-7,12H,8-10,15H2,1-3H3;1H. The van der Waals surface area contributed by atoms with E-state index in [2.05, 4.69) is 20.8 Å². The van der Waals surface area contributed by atoms with Crippen LogP contribution in [-0.4, -0.2) is 31.9 Å². The molecule has 2 rings (SSSR count). The third-order valence-corrected chi connectivity index (χ3v) is 5.42. The first-order valence-electron chi connectivity index (χ1n) is 6.57. The Morgan fingerprint density at radius 3 is 2.15 bits per heavy atom. The predicted molar refractivity (Wildman–Crippen MR) is 83.7 cm³/mol. The van der Waals surface area contributed by atoms with E-state index in [0.717, 1.165) is 12.0 Å². The summed E-state index contributed by atoms with van der Waals surface area (Å²) in [5.41, 5.74) is 6.93.